The van der Waals surface area contributed by atoms with Crippen LogP contribution in [0.1, 0.15) is 39.3 Å². The number of benzene rings is 2. The fourth-order valence-corrected chi connectivity index (χ4v) is 4.98. The Labute approximate surface area is 128 Å². The van der Waals surface area contributed by atoms with Gasteiger partial charge in [-0.3, -0.25) is 5.09 Å². The summed E-state index contributed by atoms with van der Waals surface area (Å²) in [5.74, 6) is 0. The summed E-state index contributed by atoms with van der Waals surface area (Å²) >= 11 is 0. The van der Waals surface area contributed by atoms with Gasteiger partial charge in [-0.15, -0.1) is 0 Å². The molecule has 0 aliphatic heterocycles. The van der Waals surface area contributed by atoms with E-state index in [1.54, 1.807) is 0 Å². The van der Waals surface area contributed by atoms with Crippen molar-refractivity contribution in [2.24, 2.45) is 0 Å². The van der Waals surface area contributed by atoms with Gasteiger partial charge in [0.2, 0.25) is 0 Å². The third kappa shape index (κ3) is 3.45. The van der Waals surface area contributed by atoms with Crippen LogP contribution in [0.2, 0.25) is 0 Å². The molecule has 1 unspecified atom stereocenters. The van der Waals surface area contributed by atoms with Crippen molar-refractivity contribution in [2.45, 2.75) is 38.9 Å². The van der Waals surface area contributed by atoms with Crippen molar-refractivity contribution in [3.63, 3.8) is 0 Å². The zero-order valence-corrected chi connectivity index (χ0v) is 14.1. The Balaban J connectivity index is 2.37. The lowest BCUT2D eigenvalue weighted by atomic mass is 10.1. The van der Waals surface area contributed by atoms with Crippen LogP contribution in [0.5, 0.6) is 0 Å². The third-order valence-corrected chi connectivity index (χ3v) is 7.41. The van der Waals surface area contributed by atoms with Gasteiger partial charge < -0.3 is 4.57 Å². The minimum absolute atomic E-state index is 0.0384. The van der Waals surface area contributed by atoms with E-state index in [4.69, 9.17) is 0 Å². The third-order valence-electron chi connectivity index (χ3n) is 3.74. The Morgan fingerprint density at radius 3 is 1.86 bits per heavy atom. The van der Waals surface area contributed by atoms with Gasteiger partial charge in [-0.1, -0.05) is 81.4 Å². The number of nitrogens with one attached hydrogen (secondary N) is 1. The first-order chi connectivity index (χ1) is 9.84. The van der Waals surface area contributed by atoms with Crippen molar-refractivity contribution in [3.05, 3.63) is 66.2 Å². The highest BCUT2D eigenvalue weighted by Gasteiger charge is 2.39. The van der Waals surface area contributed by atoms with E-state index in [1.165, 1.54) is 0 Å². The topological polar surface area (TPSA) is 29.1 Å². The fourth-order valence-electron chi connectivity index (χ4n) is 2.38. The van der Waals surface area contributed by atoms with Gasteiger partial charge in [0.25, 0.3) is 0 Å². The summed E-state index contributed by atoms with van der Waals surface area (Å²) in [5, 5.41) is 3.97. The predicted molar refractivity (Wildman–Crippen MR) is 91.4 cm³/mol. The van der Waals surface area contributed by atoms with E-state index in [9.17, 15) is 4.57 Å². The van der Waals surface area contributed by atoms with Gasteiger partial charge in [0, 0.05) is 16.5 Å². The van der Waals surface area contributed by atoms with Crippen molar-refractivity contribution in [1.29, 1.82) is 0 Å². The molecular weight excluding hydrogens is 277 g/mol. The molecule has 2 aromatic rings. The van der Waals surface area contributed by atoms with Gasteiger partial charge in [0.05, 0.1) is 0 Å². The molecule has 3 heteroatoms. The first kappa shape index (κ1) is 16.0. The van der Waals surface area contributed by atoms with Crippen LogP contribution in [0.15, 0.2) is 60.7 Å². The summed E-state index contributed by atoms with van der Waals surface area (Å²) in [7, 11) is -2.73. The average Bonchev–Trinajstić information content (AvgIpc) is 2.47. The highest BCUT2D eigenvalue weighted by Crippen LogP contribution is 2.54. The summed E-state index contributed by atoms with van der Waals surface area (Å²) in [5.41, 5.74) is 1.15. The molecular formula is C18H24NOP. The van der Waals surface area contributed by atoms with Gasteiger partial charge >= 0.3 is 0 Å². The molecule has 2 atom stereocenters. The smallest absolute Gasteiger partial charge is 0.181 e. The molecule has 0 radical (unpaired) electrons. The number of hydrogen-bond donors (Lipinski definition) is 1. The monoisotopic (exact) mass is 301 g/mol. The van der Waals surface area contributed by atoms with Crippen molar-refractivity contribution in [1.82, 2.24) is 5.09 Å². The molecule has 0 aliphatic rings. The van der Waals surface area contributed by atoms with Crippen molar-refractivity contribution < 1.29 is 4.57 Å². The quantitative estimate of drug-likeness (QED) is 0.826. The molecule has 112 valence electrons. The van der Waals surface area contributed by atoms with Crippen molar-refractivity contribution in [2.75, 3.05) is 0 Å². The van der Waals surface area contributed by atoms with E-state index in [1.807, 2.05) is 69.3 Å². The maximum absolute atomic E-state index is 13.7. The van der Waals surface area contributed by atoms with Crippen LogP contribution >= 0.6 is 7.29 Å². The maximum atomic E-state index is 13.7. The Morgan fingerprint density at radius 1 is 0.905 bits per heavy atom. The molecule has 0 saturated carbocycles. The van der Waals surface area contributed by atoms with E-state index in [0.29, 0.717) is 0 Å². The first-order valence-corrected chi connectivity index (χ1v) is 9.04. The molecule has 0 spiro atoms. The SMILES string of the molecule is C[C@@H](NP(=O)(c1ccccc1)C(C)(C)C)c1ccccc1. The van der Waals surface area contributed by atoms with Gasteiger partial charge in [-0.25, -0.2) is 0 Å². The van der Waals surface area contributed by atoms with Crippen LogP contribution < -0.4 is 10.4 Å². The van der Waals surface area contributed by atoms with Crippen LogP contribution in [0.4, 0.5) is 0 Å². The summed E-state index contributed by atoms with van der Waals surface area (Å²) in [6.45, 7) is 8.17. The normalized spacial score (nSPS) is 16.2. The highest BCUT2D eigenvalue weighted by molar-refractivity contribution is 7.71. The minimum Gasteiger partial charge on any atom is -0.301 e. The first-order valence-electron chi connectivity index (χ1n) is 7.33. The molecule has 2 nitrogen and oxygen atoms in total. The largest absolute Gasteiger partial charge is 0.301 e. The van der Waals surface area contributed by atoms with Gasteiger partial charge in [0.15, 0.2) is 7.29 Å². The molecule has 0 saturated heterocycles. The summed E-state index contributed by atoms with van der Waals surface area (Å²) < 4.78 is 13.7. The van der Waals surface area contributed by atoms with Gasteiger partial charge in [-0.2, -0.15) is 0 Å². The molecule has 0 bridgehead atoms. The molecule has 1 N–H and O–H groups in total. The molecule has 0 aliphatic carbocycles. The maximum Gasteiger partial charge on any atom is 0.181 e. The van der Waals surface area contributed by atoms with Crippen molar-refractivity contribution in [3.8, 4) is 0 Å². The zero-order valence-electron chi connectivity index (χ0n) is 13.2. The van der Waals surface area contributed by atoms with Crippen LogP contribution in [0, 0.1) is 0 Å². The lowest BCUT2D eigenvalue weighted by molar-refractivity contribution is 0.533. The van der Waals surface area contributed by atoms with Crippen molar-refractivity contribution >= 4 is 12.6 Å². The lowest BCUT2D eigenvalue weighted by Gasteiger charge is -2.34. The molecule has 21 heavy (non-hydrogen) atoms. The molecule has 0 aromatic heterocycles. The summed E-state index contributed by atoms with van der Waals surface area (Å²) in [4.78, 5) is 0. The average molecular weight is 301 g/mol. The van der Waals surface area contributed by atoms with Gasteiger partial charge in [0.1, 0.15) is 0 Å². The summed E-state index contributed by atoms with van der Waals surface area (Å²) in [6, 6.07) is 19.9. The minimum atomic E-state index is -2.73. The molecule has 0 fully saturated rings. The number of hydrogen-bond acceptors (Lipinski definition) is 1. The highest BCUT2D eigenvalue weighted by atomic mass is 31.2. The Hall–Kier alpha value is -1.37. The van der Waals surface area contributed by atoms with Crippen LogP contribution in [-0.2, 0) is 4.57 Å². The number of rotatable bonds is 4. The fraction of sp³-hybridized carbons (Fsp3) is 0.333. The second kappa shape index (κ2) is 6.17. The van der Waals surface area contributed by atoms with Crippen LogP contribution in [0.25, 0.3) is 0 Å². The van der Waals surface area contributed by atoms with Crippen LogP contribution in [0.3, 0.4) is 0 Å². The Bertz CT molecular complexity index is 617. The second-order valence-corrected chi connectivity index (χ2v) is 9.71. The van der Waals surface area contributed by atoms with E-state index in [-0.39, 0.29) is 11.2 Å². The predicted octanol–water partition coefficient (Wildman–Crippen LogP) is 4.74. The van der Waals surface area contributed by atoms with Crippen LogP contribution in [-0.4, -0.2) is 5.16 Å². The molecule has 2 aromatic carbocycles. The standard InChI is InChI=1S/C18H24NOP/c1-15(16-11-7-5-8-12-16)19-21(20,18(2,3)4)17-13-9-6-10-14-17/h5-15H,1-4H3,(H,19,20)/t15-,21?/m1/s1. The lowest BCUT2D eigenvalue weighted by Crippen LogP contribution is -2.34. The Kier molecular flexibility index (Phi) is 4.70. The zero-order chi connectivity index (χ0) is 15.5. The van der Waals surface area contributed by atoms with E-state index >= 15 is 0 Å². The van der Waals surface area contributed by atoms with E-state index < -0.39 is 7.29 Å². The van der Waals surface area contributed by atoms with E-state index in [0.717, 1.165) is 10.9 Å². The van der Waals surface area contributed by atoms with Gasteiger partial charge in [-0.05, 0) is 12.5 Å². The second-order valence-electron chi connectivity index (χ2n) is 6.38. The van der Waals surface area contributed by atoms with E-state index in [2.05, 4.69) is 24.1 Å². The Morgan fingerprint density at radius 2 is 1.38 bits per heavy atom. The summed E-state index contributed by atoms with van der Waals surface area (Å²) in [6.07, 6.45) is 0. The molecule has 0 heterocycles. The molecule has 2 rings (SSSR count). The molecule has 0 amide bonds.